The van der Waals surface area contributed by atoms with Crippen LogP contribution in [0.1, 0.15) is 11.1 Å². The number of aryl methyl sites for hydroxylation is 1. The van der Waals surface area contributed by atoms with Crippen molar-refractivity contribution in [1.29, 1.82) is 0 Å². The summed E-state index contributed by atoms with van der Waals surface area (Å²) < 4.78 is 5.59. The molecule has 2 rings (SSSR count). The lowest BCUT2D eigenvalue weighted by Crippen LogP contribution is -1.95. The average molecular weight is 214 g/mol. The third-order valence-electron chi connectivity index (χ3n) is 2.27. The summed E-state index contributed by atoms with van der Waals surface area (Å²) in [5, 5.41) is 9.44. The van der Waals surface area contributed by atoms with E-state index >= 15 is 0 Å². The van der Waals surface area contributed by atoms with E-state index in [1.165, 1.54) is 0 Å². The van der Waals surface area contributed by atoms with E-state index in [0.29, 0.717) is 6.61 Å². The Morgan fingerprint density at radius 1 is 1.06 bits per heavy atom. The summed E-state index contributed by atoms with van der Waals surface area (Å²) in [6.07, 6.45) is 0. The van der Waals surface area contributed by atoms with Crippen LogP contribution in [0.25, 0.3) is 0 Å². The molecule has 2 heteroatoms. The van der Waals surface area contributed by atoms with Crippen molar-refractivity contribution in [2.45, 2.75) is 13.5 Å². The van der Waals surface area contributed by atoms with Crippen LogP contribution in [0, 0.1) is 6.92 Å². The molecule has 2 aromatic carbocycles. The van der Waals surface area contributed by atoms with Gasteiger partial charge in [0.25, 0.3) is 0 Å². The summed E-state index contributed by atoms with van der Waals surface area (Å²) in [7, 11) is 0. The fourth-order valence-electron chi connectivity index (χ4n) is 1.61. The standard InChI is InChI=1S/C14H14O2/c1-11-7-12(9-13(15)8-11)10-16-14-5-3-2-4-6-14/h2-9,15H,10H2,1H3. The second kappa shape index (κ2) is 4.71. The van der Waals surface area contributed by atoms with Gasteiger partial charge in [0.2, 0.25) is 0 Å². The number of hydrogen-bond acceptors (Lipinski definition) is 2. The number of phenols is 1. The zero-order valence-corrected chi connectivity index (χ0v) is 9.18. The lowest BCUT2D eigenvalue weighted by molar-refractivity contribution is 0.305. The molecule has 16 heavy (non-hydrogen) atoms. The van der Waals surface area contributed by atoms with Gasteiger partial charge >= 0.3 is 0 Å². The molecule has 0 aliphatic heterocycles. The molecule has 0 saturated carbocycles. The fraction of sp³-hybridized carbons (Fsp3) is 0.143. The molecule has 0 amide bonds. The Labute approximate surface area is 95.1 Å². The van der Waals surface area contributed by atoms with Crippen LogP contribution in [-0.2, 0) is 6.61 Å². The zero-order chi connectivity index (χ0) is 11.4. The van der Waals surface area contributed by atoms with E-state index in [1.807, 2.05) is 43.3 Å². The van der Waals surface area contributed by atoms with E-state index in [9.17, 15) is 5.11 Å². The van der Waals surface area contributed by atoms with Gasteiger partial charge in [0.05, 0.1) is 0 Å². The van der Waals surface area contributed by atoms with E-state index in [-0.39, 0.29) is 5.75 Å². The first-order valence-corrected chi connectivity index (χ1v) is 5.21. The Morgan fingerprint density at radius 3 is 2.50 bits per heavy atom. The van der Waals surface area contributed by atoms with Crippen LogP contribution in [-0.4, -0.2) is 5.11 Å². The molecular formula is C14H14O2. The molecule has 0 heterocycles. The fourth-order valence-corrected chi connectivity index (χ4v) is 1.61. The first-order valence-electron chi connectivity index (χ1n) is 5.21. The maximum absolute atomic E-state index is 9.44. The van der Waals surface area contributed by atoms with E-state index < -0.39 is 0 Å². The van der Waals surface area contributed by atoms with Crippen molar-refractivity contribution in [1.82, 2.24) is 0 Å². The molecule has 82 valence electrons. The number of benzene rings is 2. The average Bonchev–Trinajstić information content (AvgIpc) is 2.27. The molecule has 1 N–H and O–H groups in total. The number of ether oxygens (including phenoxy) is 1. The van der Waals surface area contributed by atoms with Crippen LogP contribution < -0.4 is 4.74 Å². The normalized spacial score (nSPS) is 10.1. The number of rotatable bonds is 3. The van der Waals surface area contributed by atoms with Crippen LogP contribution in [0.15, 0.2) is 48.5 Å². The molecule has 0 spiro atoms. The maximum atomic E-state index is 9.44. The van der Waals surface area contributed by atoms with Gasteiger partial charge < -0.3 is 9.84 Å². The second-order valence-electron chi connectivity index (χ2n) is 3.78. The molecule has 0 bridgehead atoms. The minimum Gasteiger partial charge on any atom is -0.508 e. The summed E-state index contributed by atoms with van der Waals surface area (Å²) in [5.41, 5.74) is 2.01. The summed E-state index contributed by atoms with van der Waals surface area (Å²) in [6.45, 7) is 2.42. The van der Waals surface area contributed by atoms with Gasteiger partial charge in [-0.2, -0.15) is 0 Å². The van der Waals surface area contributed by atoms with Gasteiger partial charge in [-0.25, -0.2) is 0 Å². The Bertz CT molecular complexity index is 443. The van der Waals surface area contributed by atoms with Gasteiger partial charge in [-0.1, -0.05) is 24.3 Å². The predicted octanol–water partition coefficient (Wildman–Crippen LogP) is 3.28. The first-order chi connectivity index (χ1) is 7.74. The monoisotopic (exact) mass is 214 g/mol. The predicted molar refractivity (Wildman–Crippen MR) is 63.6 cm³/mol. The summed E-state index contributed by atoms with van der Waals surface area (Å²) in [6, 6.07) is 15.1. The maximum Gasteiger partial charge on any atom is 0.119 e. The quantitative estimate of drug-likeness (QED) is 0.849. The van der Waals surface area contributed by atoms with E-state index in [1.54, 1.807) is 12.1 Å². The van der Waals surface area contributed by atoms with E-state index in [0.717, 1.165) is 16.9 Å². The number of para-hydroxylation sites is 1. The second-order valence-corrected chi connectivity index (χ2v) is 3.78. The summed E-state index contributed by atoms with van der Waals surface area (Å²) in [5.74, 6) is 1.12. The largest absolute Gasteiger partial charge is 0.508 e. The molecule has 0 atom stereocenters. The summed E-state index contributed by atoms with van der Waals surface area (Å²) >= 11 is 0. The Morgan fingerprint density at radius 2 is 1.81 bits per heavy atom. The van der Waals surface area contributed by atoms with Gasteiger partial charge in [0, 0.05) is 0 Å². The lowest BCUT2D eigenvalue weighted by atomic mass is 10.1. The molecule has 0 radical (unpaired) electrons. The molecule has 0 saturated heterocycles. The van der Waals surface area contributed by atoms with E-state index in [4.69, 9.17) is 4.74 Å². The van der Waals surface area contributed by atoms with Crippen molar-refractivity contribution in [3.63, 3.8) is 0 Å². The molecule has 0 aliphatic carbocycles. The van der Waals surface area contributed by atoms with Crippen molar-refractivity contribution < 1.29 is 9.84 Å². The van der Waals surface area contributed by atoms with Crippen LogP contribution >= 0.6 is 0 Å². The Hall–Kier alpha value is -1.96. The highest BCUT2D eigenvalue weighted by Gasteiger charge is 1.98. The van der Waals surface area contributed by atoms with Gasteiger partial charge in [-0.05, 0) is 42.3 Å². The lowest BCUT2D eigenvalue weighted by Gasteiger charge is -2.07. The third kappa shape index (κ3) is 2.76. The van der Waals surface area contributed by atoms with Crippen molar-refractivity contribution in [3.05, 3.63) is 59.7 Å². The van der Waals surface area contributed by atoms with Gasteiger partial charge in [-0.3, -0.25) is 0 Å². The number of aromatic hydroxyl groups is 1. The molecule has 0 aromatic heterocycles. The van der Waals surface area contributed by atoms with Crippen LogP contribution in [0.4, 0.5) is 0 Å². The molecule has 0 fully saturated rings. The third-order valence-corrected chi connectivity index (χ3v) is 2.27. The minimum atomic E-state index is 0.284. The SMILES string of the molecule is Cc1cc(O)cc(COc2ccccc2)c1. The van der Waals surface area contributed by atoms with Gasteiger partial charge in [0.15, 0.2) is 0 Å². The number of hydrogen-bond donors (Lipinski definition) is 1. The highest BCUT2D eigenvalue weighted by molar-refractivity contribution is 5.32. The highest BCUT2D eigenvalue weighted by Crippen LogP contribution is 2.17. The Balaban J connectivity index is 2.05. The van der Waals surface area contributed by atoms with Gasteiger partial charge in [-0.15, -0.1) is 0 Å². The van der Waals surface area contributed by atoms with Crippen LogP contribution in [0.5, 0.6) is 11.5 Å². The van der Waals surface area contributed by atoms with Crippen molar-refractivity contribution >= 4 is 0 Å². The van der Waals surface area contributed by atoms with Crippen molar-refractivity contribution in [2.75, 3.05) is 0 Å². The highest BCUT2D eigenvalue weighted by atomic mass is 16.5. The molecule has 0 aliphatic rings. The smallest absolute Gasteiger partial charge is 0.119 e. The zero-order valence-electron chi connectivity index (χ0n) is 9.18. The van der Waals surface area contributed by atoms with Crippen LogP contribution in [0.2, 0.25) is 0 Å². The first kappa shape index (κ1) is 10.6. The molecule has 2 aromatic rings. The topological polar surface area (TPSA) is 29.5 Å². The Kier molecular flexibility index (Phi) is 3.10. The summed E-state index contributed by atoms with van der Waals surface area (Å²) in [4.78, 5) is 0. The molecular weight excluding hydrogens is 200 g/mol. The minimum absolute atomic E-state index is 0.284. The van der Waals surface area contributed by atoms with Gasteiger partial charge in [0.1, 0.15) is 18.1 Å². The van der Waals surface area contributed by atoms with Crippen molar-refractivity contribution in [2.24, 2.45) is 0 Å². The number of phenolic OH excluding ortho intramolecular Hbond substituents is 1. The van der Waals surface area contributed by atoms with E-state index in [2.05, 4.69) is 0 Å². The molecule has 0 unspecified atom stereocenters. The van der Waals surface area contributed by atoms with Crippen molar-refractivity contribution in [3.8, 4) is 11.5 Å². The molecule has 2 nitrogen and oxygen atoms in total. The van der Waals surface area contributed by atoms with Crippen LogP contribution in [0.3, 0.4) is 0 Å².